The second-order valence-electron chi connectivity index (χ2n) is 4.28. The van der Waals surface area contributed by atoms with E-state index < -0.39 is 0 Å². The van der Waals surface area contributed by atoms with Gasteiger partial charge in [0.05, 0.1) is 11.8 Å². The lowest BCUT2D eigenvalue weighted by Gasteiger charge is -2.03. The Morgan fingerprint density at radius 2 is 2.28 bits per heavy atom. The normalized spacial score (nSPS) is 14.9. The van der Waals surface area contributed by atoms with Gasteiger partial charge in [0.15, 0.2) is 11.0 Å². The van der Waals surface area contributed by atoms with Crippen molar-refractivity contribution < 1.29 is 0 Å². The van der Waals surface area contributed by atoms with Crippen LogP contribution < -0.4 is 5.73 Å². The van der Waals surface area contributed by atoms with Gasteiger partial charge in [-0.2, -0.15) is 0 Å². The number of nitrogens with two attached hydrogens (primary N) is 1. The molecular weight excluding hydrogens is 250 g/mol. The highest BCUT2D eigenvalue weighted by molar-refractivity contribution is 7.98. The van der Waals surface area contributed by atoms with Crippen LogP contribution in [-0.2, 0) is 5.75 Å². The molecule has 2 N–H and O–H groups in total. The maximum atomic E-state index is 5.69. The SMILES string of the molecule is Cc1cc(N)nc(SCc2nnnn2C2CC2)n1. The Morgan fingerprint density at radius 1 is 1.44 bits per heavy atom. The number of rotatable bonds is 4. The Balaban J connectivity index is 1.71. The zero-order valence-electron chi connectivity index (χ0n) is 9.94. The molecule has 18 heavy (non-hydrogen) atoms. The number of anilines is 1. The van der Waals surface area contributed by atoms with Crippen LogP contribution in [0, 0.1) is 6.92 Å². The molecule has 1 aliphatic rings. The molecule has 2 heterocycles. The van der Waals surface area contributed by atoms with E-state index in [1.54, 1.807) is 6.07 Å². The molecule has 0 spiro atoms. The second kappa shape index (κ2) is 4.52. The summed E-state index contributed by atoms with van der Waals surface area (Å²) in [6, 6.07) is 2.23. The monoisotopic (exact) mass is 263 g/mol. The molecule has 8 heteroatoms. The minimum Gasteiger partial charge on any atom is -0.384 e. The van der Waals surface area contributed by atoms with E-state index in [-0.39, 0.29) is 0 Å². The van der Waals surface area contributed by atoms with E-state index in [0.717, 1.165) is 24.4 Å². The molecule has 1 fully saturated rings. The number of nitrogen functional groups attached to an aromatic ring is 1. The van der Waals surface area contributed by atoms with Crippen LogP contribution in [0.5, 0.6) is 0 Å². The third kappa shape index (κ3) is 2.42. The number of nitrogens with zero attached hydrogens (tertiary/aromatic N) is 6. The van der Waals surface area contributed by atoms with Gasteiger partial charge in [-0.1, -0.05) is 11.8 Å². The predicted octanol–water partition coefficient (Wildman–Crippen LogP) is 0.981. The van der Waals surface area contributed by atoms with Crippen molar-refractivity contribution in [1.29, 1.82) is 0 Å². The molecule has 0 atom stereocenters. The van der Waals surface area contributed by atoms with Crippen molar-refractivity contribution in [2.24, 2.45) is 0 Å². The molecule has 94 valence electrons. The van der Waals surface area contributed by atoms with E-state index in [0.29, 0.717) is 22.8 Å². The van der Waals surface area contributed by atoms with Crippen LogP contribution in [0.2, 0.25) is 0 Å². The lowest BCUT2D eigenvalue weighted by Crippen LogP contribution is -2.03. The molecule has 2 aromatic heterocycles. The van der Waals surface area contributed by atoms with Gasteiger partial charge in [0.25, 0.3) is 0 Å². The van der Waals surface area contributed by atoms with Gasteiger partial charge in [-0.15, -0.1) is 5.10 Å². The van der Waals surface area contributed by atoms with E-state index in [4.69, 9.17) is 5.73 Å². The zero-order valence-corrected chi connectivity index (χ0v) is 10.8. The summed E-state index contributed by atoms with van der Waals surface area (Å²) in [5.41, 5.74) is 6.55. The first kappa shape index (κ1) is 11.4. The Labute approximate surface area is 108 Å². The molecular formula is C10H13N7S. The summed E-state index contributed by atoms with van der Waals surface area (Å²) in [6.45, 7) is 1.90. The fourth-order valence-corrected chi connectivity index (χ4v) is 2.50. The Hall–Kier alpha value is -1.70. The fourth-order valence-electron chi connectivity index (χ4n) is 1.67. The summed E-state index contributed by atoms with van der Waals surface area (Å²) in [5.74, 6) is 2.02. The van der Waals surface area contributed by atoms with Crippen LogP contribution in [0.3, 0.4) is 0 Å². The minimum atomic E-state index is 0.485. The van der Waals surface area contributed by atoms with Crippen molar-refractivity contribution in [2.45, 2.75) is 36.7 Å². The summed E-state index contributed by atoms with van der Waals surface area (Å²) in [7, 11) is 0. The van der Waals surface area contributed by atoms with Gasteiger partial charge in [0, 0.05) is 11.8 Å². The lowest BCUT2D eigenvalue weighted by molar-refractivity contribution is 0.593. The smallest absolute Gasteiger partial charge is 0.190 e. The number of hydrogen-bond donors (Lipinski definition) is 1. The molecule has 0 aliphatic heterocycles. The number of hydrogen-bond acceptors (Lipinski definition) is 7. The highest BCUT2D eigenvalue weighted by Crippen LogP contribution is 2.35. The zero-order chi connectivity index (χ0) is 12.5. The Bertz CT molecular complexity index is 543. The van der Waals surface area contributed by atoms with Gasteiger partial charge < -0.3 is 5.73 Å². The van der Waals surface area contributed by atoms with Crippen molar-refractivity contribution in [3.63, 3.8) is 0 Å². The third-order valence-electron chi connectivity index (χ3n) is 2.64. The third-order valence-corrected chi connectivity index (χ3v) is 3.48. The number of aromatic nitrogens is 6. The molecule has 7 nitrogen and oxygen atoms in total. The van der Waals surface area contributed by atoms with Gasteiger partial charge >= 0.3 is 0 Å². The molecule has 0 radical (unpaired) electrons. The molecule has 0 saturated heterocycles. The number of tetrazole rings is 1. The predicted molar refractivity (Wildman–Crippen MR) is 66.8 cm³/mol. The van der Waals surface area contributed by atoms with Crippen LogP contribution in [0.1, 0.15) is 30.4 Å². The molecule has 1 saturated carbocycles. The van der Waals surface area contributed by atoms with E-state index in [9.17, 15) is 0 Å². The summed E-state index contributed by atoms with van der Waals surface area (Å²) in [5, 5.41) is 12.4. The lowest BCUT2D eigenvalue weighted by atomic mass is 10.4. The first-order valence-corrected chi connectivity index (χ1v) is 6.71. The average molecular weight is 263 g/mol. The van der Waals surface area contributed by atoms with Crippen molar-refractivity contribution in [2.75, 3.05) is 5.73 Å². The van der Waals surface area contributed by atoms with Crippen LogP contribution in [0.15, 0.2) is 11.2 Å². The van der Waals surface area contributed by atoms with Gasteiger partial charge in [-0.3, -0.25) is 0 Å². The van der Waals surface area contributed by atoms with Gasteiger partial charge in [0.2, 0.25) is 0 Å². The van der Waals surface area contributed by atoms with Crippen LogP contribution in [0.4, 0.5) is 5.82 Å². The maximum absolute atomic E-state index is 5.69. The minimum absolute atomic E-state index is 0.485. The van der Waals surface area contributed by atoms with Gasteiger partial charge in [-0.05, 0) is 30.2 Å². The Kier molecular flexibility index (Phi) is 2.86. The first-order chi connectivity index (χ1) is 8.72. The molecule has 3 rings (SSSR count). The van der Waals surface area contributed by atoms with Crippen LogP contribution >= 0.6 is 11.8 Å². The largest absolute Gasteiger partial charge is 0.384 e. The van der Waals surface area contributed by atoms with Gasteiger partial charge in [0.1, 0.15) is 5.82 Å². The highest BCUT2D eigenvalue weighted by atomic mass is 32.2. The fraction of sp³-hybridized carbons (Fsp3) is 0.500. The summed E-state index contributed by atoms with van der Waals surface area (Å²) < 4.78 is 1.89. The maximum Gasteiger partial charge on any atom is 0.190 e. The van der Waals surface area contributed by atoms with Gasteiger partial charge in [-0.25, -0.2) is 14.6 Å². The molecule has 2 aromatic rings. The number of aryl methyl sites for hydroxylation is 1. The molecule has 0 bridgehead atoms. The van der Waals surface area contributed by atoms with Crippen molar-refractivity contribution in [1.82, 2.24) is 30.2 Å². The van der Waals surface area contributed by atoms with Crippen molar-refractivity contribution >= 4 is 17.6 Å². The molecule has 1 aliphatic carbocycles. The average Bonchev–Trinajstić information content (AvgIpc) is 3.05. The standard InChI is InChI=1S/C10H13N7S/c1-6-4-8(11)13-10(12-6)18-5-9-14-15-16-17(9)7-2-3-7/h4,7H,2-3,5H2,1H3,(H2,11,12,13). The van der Waals surface area contributed by atoms with E-state index in [1.807, 2.05) is 11.6 Å². The second-order valence-corrected chi connectivity index (χ2v) is 5.22. The van der Waals surface area contributed by atoms with E-state index in [2.05, 4.69) is 25.5 Å². The van der Waals surface area contributed by atoms with Crippen LogP contribution in [0.25, 0.3) is 0 Å². The molecule has 0 aromatic carbocycles. The van der Waals surface area contributed by atoms with Crippen LogP contribution in [-0.4, -0.2) is 30.2 Å². The van der Waals surface area contributed by atoms with Crippen molar-refractivity contribution in [3.8, 4) is 0 Å². The van der Waals surface area contributed by atoms with Crippen molar-refractivity contribution in [3.05, 3.63) is 17.6 Å². The summed E-state index contributed by atoms with van der Waals surface area (Å²) in [4.78, 5) is 8.49. The number of thioether (sulfide) groups is 1. The summed E-state index contributed by atoms with van der Waals surface area (Å²) in [6.07, 6.45) is 2.33. The first-order valence-electron chi connectivity index (χ1n) is 5.73. The molecule has 0 amide bonds. The highest BCUT2D eigenvalue weighted by Gasteiger charge is 2.27. The molecule has 0 unspecified atom stereocenters. The van der Waals surface area contributed by atoms with E-state index >= 15 is 0 Å². The summed E-state index contributed by atoms with van der Waals surface area (Å²) >= 11 is 1.50. The van der Waals surface area contributed by atoms with E-state index in [1.165, 1.54) is 11.8 Å². The topological polar surface area (TPSA) is 95.4 Å². The quantitative estimate of drug-likeness (QED) is 0.648. The Morgan fingerprint density at radius 3 is 3.00 bits per heavy atom.